The number of rotatable bonds is 2. The normalized spacial score (nSPS) is 27.4. The summed E-state index contributed by atoms with van der Waals surface area (Å²) in [6.45, 7) is 2.27. The van der Waals surface area contributed by atoms with E-state index in [0.717, 1.165) is 19.5 Å². The molecule has 0 radical (unpaired) electrons. The Labute approximate surface area is 104 Å². The number of hydrogen-bond acceptors (Lipinski definition) is 2. The molecule has 0 aromatic heterocycles. The van der Waals surface area contributed by atoms with E-state index in [-0.39, 0.29) is 0 Å². The molecule has 3 rings (SSSR count). The fraction of sp³-hybridized carbons (Fsp3) is 0.600. The minimum absolute atomic E-state index is 0.414. The quantitative estimate of drug-likeness (QED) is 0.813. The molecule has 2 heteroatoms. The van der Waals surface area contributed by atoms with E-state index in [0.29, 0.717) is 11.6 Å². The van der Waals surface area contributed by atoms with Gasteiger partial charge < -0.3 is 10.6 Å². The molecular weight excluding hydrogens is 208 g/mol. The third kappa shape index (κ3) is 2.53. The van der Waals surface area contributed by atoms with Gasteiger partial charge in [-0.25, -0.2) is 0 Å². The summed E-state index contributed by atoms with van der Waals surface area (Å²) in [7, 11) is 0. The minimum atomic E-state index is 0.414. The van der Waals surface area contributed by atoms with Crippen molar-refractivity contribution in [3.63, 3.8) is 0 Å². The van der Waals surface area contributed by atoms with E-state index in [1.807, 2.05) is 0 Å². The number of hydrogen-bond donors (Lipinski definition) is 2. The molecule has 1 heterocycles. The van der Waals surface area contributed by atoms with Gasteiger partial charge in [0.15, 0.2) is 0 Å². The first kappa shape index (κ1) is 11.2. The summed E-state index contributed by atoms with van der Waals surface area (Å²) in [5.74, 6) is 0. The summed E-state index contributed by atoms with van der Waals surface area (Å²) in [5, 5.41) is 7.54. The van der Waals surface area contributed by atoms with Gasteiger partial charge in [-0.2, -0.15) is 0 Å². The Morgan fingerprint density at radius 3 is 2.65 bits per heavy atom. The Kier molecular flexibility index (Phi) is 3.17. The molecule has 0 amide bonds. The Balaban J connectivity index is 1.64. The second-order valence-electron chi connectivity index (χ2n) is 5.65. The van der Waals surface area contributed by atoms with Gasteiger partial charge in [0.25, 0.3) is 0 Å². The van der Waals surface area contributed by atoms with E-state index < -0.39 is 0 Å². The zero-order chi connectivity index (χ0) is 11.6. The molecule has 0 bridgehead atoms. The summed E-state index contributed by atoms with van der Waals surface area (Å²) < 4.78 is 0. The van der Waals surface area contributed by atoms with Crippen molar-refractivity contribution in [2.45, 2.75) is 43.7 Å². The van der Waals surface area contributed by atoms with E-state index in [1.165, 1.54) is 31.2 Å². The highest BCUT2D eigenvalue weighted by molar-refractivity contribution is 5.17. The first-order valence-corrected chi connectivity index (χ1v) is 6.89. The predicted octanol–water partition coefficient (Wildman–Crippen LogP) is 2.10. The molecule has 1 spiro atoms. The van der Waals surface area contributed by atoms with Gasteiger partial charge in [0.2, 0.25) is 0 Å². The van der Waals surface area contributed by atoms with Crippen molar-refractivity contribution in [2.75, 3.05) is 13.1 Å². The van der Waals surface area contributed by atoms with Crippen LogP contribution in [-0.4, -0.2) is 24.7 Å². The van der Waals surface area contributed by atoms with E-state index in [9.17, 15) is 0 Å². The highest BCUT2D eigenvalue weighted by atomic mass is 15.1. The van der Waals surface area contributed by atoms with Crippen LogP contribution in [0.2, 0.25) is 0 Å². The summed E-state index contributed by atoms with van der Waals surface area (Å²) in [6, 6.07) is 11.4. The van der Waals surface area contributed by atoms with Crippen LogP contribution < -0.4 is 10.6 Å². The second-order valence-corrected chi connectivity index (χ2v) is 5.65. The highest BCUT2D eigenvalue weighted by Gasteiger charge is 2.37. The van der Waals surface area contributed by atoms with Crippen LogP contribution in [0.15, 0.2) is 30.3 Å². The van der Waals surface area contributed by atoms with Crippen LogP contribution in [-0.2, 0) is 6.42 Å². The average Bonchev–Trinajstić information content (AvgIpc) is 2.79. The van der Waals surface area contributed by atoms with Crippen molar-refractivity contribution in [1.82, 2.24) is 10.6 Å². The molecular formula is C15H22N2. The molecule has 17 heavy (non-hydrogen) atoms. The zero-order valence-corrected chi connectivity index (χ0v) is 10.4. The molecule has 2 N–H and O–H groups in total. The molecule has 1 aromatic carbocycles. The molecule has 2 fully saturated rings. The van der Waals surface area contributed by atoms with Crippen LogP contribution in [0, 0.1) is 0 Å². The van der Waals surface area contributed by atoms with E-state index in [4.69, 9.17) is 0 Å². The van der Waals surface area contributed by atoms with Crippen LogP contribution in [0.1, 0.15) is 31.2 Å². The SMILES string of the molecule is c1ccc(CC2CNCC3(CCCC3)N2)cc1. The molecule has 2 nitrogen and oxygen atoms in total. The van der Waals surface area contributed by atoms with Crippen molar-refractivity contribution in [3.05, 3.63) is 35.9 Å². The highest BCUT2D eigenvalue weighted by Crippen LogP contribution is 2.31. The largest absolute Gasteiger partial charge is 0.313 e. The summed E-state index contributed by atoms with van der Waals surface area (Å²) in [5.41, 5.74) is 1.86. The Morgan fingerprint density at radius 1 is 1.12 bits per heavy atom. The average molecular weight is 230 g/mol. The molecule has 1 unspecified atom stereocenters. The lowest BCUT2D eigenvalue weighted by atomic mass is 9.91. The zero-order valence-electron chi connectivity index (χ0n) is 10.4. The van der Waals surface area contributed by atoms with Crippen molar-refractivity contribution < 1.29 is 0 Å². The van der Waals surface area contributed by atoms with Crippen molar-refractivity contribution >= 4 is 0 Å². The van der Waals surface area contributed by atoms with E-state index >= 15 is 0 Å². The third-order valence-electron chi connectivity index (χ3n) is 4.25. The lowest BCUT2D eigenvalue weighted by molar-refractivity contribution is 0.226. The molecule has 1 saturated carbocycles. The monoisotopic (exact) mass is 230 g/mol. The molecule has 1 aliphatic heterocycles. The van der Waals surface area contributed by atoms with Gasteiger partial charge in [-0.05, 0) is 24.8 Å². The number of nitrogens with one attached hydrogen (secondary N) is 2. The molecule has 2 aliphatic rings. The Morgan fingerprint density at radius 2 is 1.88 bits per heavy atom. The molecule has 92 valence electrons. The summed E-state index contributed by atoms with van der Waals surface area (Å²) >= 11 is 0. The second kappa shape index (κ2) is 4.79. The minimum Gasteiger partial charge on any atom is -0.313 e. The van der Waals surface area contributed by atoms with Crippen LogP contribution >= 0.6 is 0 Å². The van der Waals surface area contributed by atoms with Gasteiger partial charge in [0.1, 0.15) is 0 Å². The van der Waals surface area contributed by atoms with Crippen LogP contribution in [0.3, 0.4) is 0 Å². The maximum atomic E-state index is 3.91. The molecule has 1 atom stereocenters. The van der Waals surface area contributed by atoms with E-state index in [2.05, 4.69) is 41.0 Å². The predicted molar refractivity (Wildman–Crippen MR) is 71.1 cm³/mol. The third-order valence-corrected chi connectivity index (χ3v) is 4.25. The Hall–Kier alpha value is -0.860. The number of benzene rings is 1. The van der Waals surface area contributed by atoms with Gasteiger partial charge in [-0.15, -0.1) is 0 Å². The lowest BCUT2D eigenvalue weighted by Crippen LogP contribution is -2.63. The summed E-state index contributed by atoms with van der Waals surface area (Å²) in [6.07, 6.45) is 6.64. The molecule has 1 aliphatic carbocycles. The summed E-state index contributed by atoms with van der Waals surface area (Å²) in [4.78, 5) is 0. The molecule has 1 saturated heterocycles. The number of piperazine rings is 1. The molecule has 1 aromatic rings. The van der Waals surface area contributed by atoms with Crippen molar-refractivity contribution in [3.8, 4) is 0 Å². The maximum Gasteiger partial charge on any atom is 0.0309 e. The van der Waals surface area contributed by atoms with Crippen molar-refractivity contribution in [2.24, 2.45) is 0 Å². The van der Waals surface area contributed by atoms with Crippen LogP contribution in [0.4, 0.5) is 0 Å². The first-order chi connectivity index (χ1) is 8.36. The van der Waals surface area contributed by atoms with Crippen LogP contribution in [0.25, 0.3) is 0 Å². The van der Waals surface area contributed by atoms with Crippen LogP contribution in [0.5, 0.6) is 0 Å². The smallest absolute Gasteiger partial charge is 0.0309 e. The van der Waals surface area contributed by atoms with Gasteiger partial charge in [-0.1, -0.05) is 43.2 Å². The first-order valence-electron chi connectivity index (χ1n) is 6.89. The van der Waals surface area contributed by atoms with Gasteiger partial charge in [0.05, 0.1) is 0 Å². The fourth-order valence-corrected chi connectivity index (χ4v) is 3.42. The maximum absolute atomic E-state index is 3.91. The van der Waals surface area contributed by atoms with Gasteiger partial charge >= 0.3 is 0 Å². The fourth-order valence-electron chi connectivity index (χ4n) is 3.42. The topological polar surface area (TPSA) is 24.1 Å². The van der Waals surface area contributed by atoms with Gasteiger partial charge in [-0.3, -0.25) is 0 Å². The van der Waals surface area contributed by atoms with E-state index in [1.54, 1.807) is 0 Å². The standard InChI is InChI=1S/C15H22N2/c1-2-6-13(7-3-1)10-14-11-16-12-15(17-14)8-4-5-9-15/h1-3,6-7,14,16-17H,4-5,8-12H2. The van der Waals surface area contributed by atoms with Crippen molar-refractivity contribution in [1.29, 1.82) is 0 Å². The van der Waals surface area contributed by atoms with Gasteiger partial charge in [0, 0.05) is 24.7 Å². The lowest BCUT2D eigenvalue weighted by Gasteiger charge is -2.40. The Bertz CT molecular complexity index is 354.